The van der Waals surface area contributed by atoms with Gasteiger partial charge in [-0.15, -0.1) is 0 Å². The molecule has 0 spiro atoms. The van der Waals surface area contributed by atoms with Gasteiger partial charge in [0.25, 0.3) is 0 Å². The number of hydrogen-bond donors (Lipinski definition) is 1. The lowest BCUT2D eigenvalue weighted by molar-refractivity contribution is -0.117. The quantitative estimate of drug-likeness (QED) is 0.551. The zero-order valence-corrected chi connectivity index (χ0v) is 7.54. The number of anilines is 1. The Balaban J connectivity index is 2.57. The Bertz CT molecular complexity index is 365. The van der Waals surface area contributed by atoms with Crippen LogP contribution in [0.4, 0.5) is 5.69 Å². The number of hydrogen-bond acceptors (Lipinski definition) is 3. The molecule has 0 aromatic heterocycles. The second-order valence-electron chi connectivity index (χ2n) is 2.93. The molecule has 13 heavy (non-hydrogen) atoms. The fraction of sp³-hybridized carbons (Fsp3) is 0.222. The number of carbonyl (C=O) groups is 1. The van der Waals surface area contributed by atoms with Crippen LogP contribution in [0.5, 0.6) is 0 Å². The highest BCUT2D eigenvalue weighted by Crippen LogP contribution is 2.35. The molecule has 0 fully saturated rings. The summed E-state index contributed by atoms with van der Waals surface area (Å²) in [6.45, 7) is 0.391. The Morgan fingerprint density at radius 2 is 2.38 bits per heavy atom. The van der Waals surface area contributed by atoms with E-state index >= 15 is 0 Å². The molecule has 2 N–H and O–H groups in total. The number of halogens is 1. The number of nitrogen functional groups attached to an aromatic ring is 1. The topological polar surface area (TPSA) is 52.3 Å². The highest BCUT2D eigenvalue weighted by Gasteiger charge is 2.24. The van der Waals surface area contributed by atoms with Crippen molar-refractivity contribution in [1.29, 1.82) is 0 Å². The number of fused-ring (bicyclic) bond motifs is 1. The third-order valence-electron chi connectivity index (χ3n) is 2.12. The molecule has 4 heteroatoms. The standard InChI is InChI=1S/C9H8ClNO2/c10-5-1-6-7(8(11)2-5)4-13-9(6)3-12/h1-3,9H,4,11H2. The lowest BCUT2D eigenvalue weighted by Crippen LogP contribution is -1.97. The van der Waals surface area contributed by atoms with Gasteiger partial charge in [-0.25, -0.2) is 0 Å². The van der Waals surface area contributed by atoms with Crippen molar-refractivity contribution in [3.8, 4) is 0 Å². The maximum atomic E-state index is 10.6. The van der Waals surface area contributed by atoms with E-state index < -0.39 is 6.10 Å². The van der Waals surface area contributed by atoms with Crippen LogP contribution in [0.15, 0.2) is 12.1 Å². The Morgan fingerprint density at radius 3 is 3.08 bits per heavy atom. The molecule has 0 saturated carbocycles. The maximum Gasteiger partial charge on any atom is 0.153 e. The van der Waals surface area contributed by atoms with Crippen molar-refractivity contribution in [2.75, 3.05) is 5.73 Å². The third kappa shape index (κ3) is 1.30. The molecular formula is C9H8ClNO2. The summed E-state index contributed by atoms with van der Waals surface area (Å²) in [5.74, 6) is 0. The molecule has 1 aliphatic heterocycles. The fourth-order valence-corrected chi connectivity index (χ4v) is 1.71. The van der Waals surface area contributed by atoms with Gasteiger partial charge >= 0.3 is 0 Å². The van der Waals surface area contributed by atoms with Crippen molar-refractivity contribution in [1.82, 2.24) is 0 Å². The molecule has 2 rings (SSSR count). The number of aldehydes is 1. The van der Waals surface area contributed by atoms with Crippen LogP contribution in [0.1, 0.15) is 17.2 Å². The molecule has 68 valence electrons. The number of ether oxygens (including phenoxy) is 1. The smallest absolute Gasteiger partial charge is 0.153 e. The Labute approximate surface area is 80.4 Å². The molecule has 0 radical (unpaired) electrons. The molecule has 1 heterocycles. The van der Waals surface area contributed by atoms with E-state index in [1.807, 2.05) is 0 Å². The van der Waals surface area contributed by atoms with Crippen molar-refractivity contribution < 1.29 is 9.53 Å². The van der Waals surface area contributed by atoms with Gasteiger partial charge in [0.1, 0.15) is 6.10 Å². The number of nitrogens with two attached hydrogens (primary N) is 1. The molecule has 1 unspecified atom stereocenters. The zero-order chi connectivity index (χ0) is 9.42. The van der Waals surface area contributed by atoms with Gasteiger partial charge < -0.3 is 15.3 Å². The molecule has 1 aliphatic rings. The lowest BCUT2D eigenvalue weighted by Gasteiger charge is -2.04. The van der Waals surface area contributed by atoms with Gasteiger partial charge in [0, 0.05) is 16.3 Å². The number of rotatable bonds is 1. The van der Waals surface area contributed by atoms with E-state index in [9.17, 15) is 4.79 Å². The summed E-state index contributed by atoms with van der Waals surface area (Å²) in [5, 5.41) is 0.536. The number of benzene rings is 1. The van der Waals surface area contributed by atoms with E-state index in [1.165, 1.54) is 0 Å². The first-order valence-electron chi connectivity index (χ1n) is 3.87. The van der Waals surface area contributed by atoms with E-state index in [0.717, 1.165) is 17.4 Å². The molecule has 0 amide bonds. The van der Waals surface area contributed by atoms with Crippen molar-refractivity contribution >= 4 is 23.6 Å². The van der Waals surface area contributed by atoms with Gasteiger partial charge in [-0.05, 0) is 17.7 Å². The first-order valence-corrected chi connectivity index (χ1v) is 4.25. The van der Waals surface area contributed by atoms with Crippen LogP contribution in [0, 0.1) is 0 Å². The van der Waals surface area contributed by atoms with Crippen LogP contribution in [0.25, 0.3) is 0 Å². The fourth-order valence-electron chi connectivity index (χ4n) is 1.48. The normalized spacial score (nSPS) is 19.9. The minimum absolute atomic E-state index is 0.391. The van der Waals surface area contributed by atoms with Crippen molar-refractivity contribution in [2.24, 2.45) is 0 Å². The predicted molar refractivity (Wildman–Crippen MR) is 49.5 cm³/mol. The van der Waals surface area contributed by atoms with Crippen LogP contribution in [0.2, 0.25) is 5.02 Å². The summed E-state index contributed by atoms with van der Waals surface area (Å²) < 4.78 is 5.20. The summed E-state index contributed by atoms with van der Waals surface area (Å²) in [4.78, 5) is 10.6. The third-order valence-corrected chi connectivity index (χ3v) is 2.34. The Morgan fingerprint density at radius 1 is 1.62 bits per heavy atom. The molecule has 1 aromatic rings. The van der Waals surface area contributed by atoms with Crippen molar-refractivity contribution in [3.63, 3.8) is 0 Å². The van der Waals surface area contributed by atoms with Crippen LogP contribution >= 0.6 is 11.6 Å². The van der Waals surface area contributed by atoms with E-state index in [-0.39, 0.29) is 0 Å². The predicted octanol–water partition coefficient (Wildman–Crippen LogP) is 1.69. The van der Waals surface area contributed by atoms with Gasteiger partial charge in [-0.2, -0.15) is 0 Å². The maximum absolute atomic E-state index is 10.6. The van der Waals surface area contributed by atoms with Crippen LogP contribution < -0.4 is 5.73 Å². The average Bonchev–Trinajstić information content (AvgIpc) is 2.47. The van der Waals surface area contributed by atoms with Crippen molar-refractivity contribution in [2.45, 2.75) is 12.7 Å². The van der Waals surface area contributed by atoms with E-state index in [0.29, 0.717) is 17.3 Å². The average molecular weight is 198 g/mol. The summed E-state index contributed by atoms with van der Waals surface area (Å²) in [5.41, 5.74) is 7.97. The summed E-state index contributed by atoms with van der Waals surface area (Å²) in [6.07, 6.45) is 0.248. The van der Waals surface area contributed by atoms with E-state index in [1.54, 1.807) is 12.1 Å². The second kappa shape index (κ2) is 3.01. The molecule has 0 saturated heterocycles. The molecule has 3 nitrogen and oxygen atoms in total. The molecular weight excluding hydrogens is 190 g/mol. The Kier molecular flexibility index (Phi) is 1.98. The van der Waals surface area contributed by atoms with E-state index in [2.05, 4.69) is 0 Å². The summed E-state index contributed by atoms with van der Waals surface area (Å²) in [6, 6.07) is 3.39. The monoisotopic (exact) mass is 197 g/mol. The van der Waals surface area contributed by atoms with Gasteiger partial charge in [-0.1, -0.05) is 11.6 Å². The molecule has 0 bridgehead atoms. The SMILES string of the molecule is Nc1cc(Cl)cc2c1COC2C=O. The lowest BCUT2D eigenvalue weighted by atomic mass is 10.0. The van der Waals surface area contributed by atoms with Gasteiger partial charge in [0.15, 0.2) is 6.29 Å². The van der Waals surface area contributed by atoms with Crippen LogP contribution in [0.3, 0.4) is 0 Å². The van der Waals surface area contributed by atoms with Crippen LogP contribution in [-0.4, -0.2) is 6.29 Å². The molecule has 0 aliphatic carbocycles. The minimum Gasteiger partial charge on any atom is -0.398 e. The summed E-state index contributed by atoms with van der Waals surface area (Å²) in [7, 11) is 0. The Hall–Kier alpha value is -1.06. The highest BCUT2D eigenvalue weighted by molar-refractivity contribution is 6.31. The largest absolute Gasteiger partial charge is 0.398 e. The highest BCUT2D eigenvalue weighted by atomic mass is 35.5. The second-order valence-corrected chi connectivity index (χ2v) is 3.37. The molecule has 1 atom stereocenters. The van der Waals surface area contributed by atoms with Crippen molar-refractivity contribution in [3.05, 3.63) is 28.3 Å². The van der Waals surface area contributed by atoms with E-state index in [4.69, 9.17) is 22.1 Å². The first kappa shape index (κ1) is 8.53. The van der Waals surface area contributed by atoms with Crippen LogP contribution in [-0.2, 0) is 16.1 Å². The molecule has 1 aromatic carbocycles. The minimum atomic E-state index is -0.504. The first-order chi connectivity index (χ1) is 6.22. The summed E-state index contributed by atoms with van der Waals surface area (Å²) >= 11 is 5.80. The van der Waals surface area contributed by atoms with Gasteiger partial charge in [0.05, 0.1) is 6.61 Å². The zero-order valence-electron chi connectivity index (χ0n) is 6.79. The number of carbonyl (C=O) groups excluding carboxylic acids is 1. The van der Waals surface area contributed by atoms with Gasteiger partial charge in [-0.3, -0.25) is 0 Å². The van der Waals surface area contributed by atoms with Gasteiger partial charge in [0.2, 0.25) is 0 Å².